The number of hydrogen-bond acceptors (Lipinski definition) is 2. The average molecular weight is 268 g/mol. The Balaban J connectivity index is 2.06. The van der Waals surface area contributed by atoms with Gasteiger partial charge in [-0.15, -0.1) is 0 Å². The Hall–Kier alpha value is -1.62. The van der Waals surface area contributed by atoms with Crippen LogP contribution in [0.25, 0.3) is 0 Å². The number of unbranched alkanes of at least 4 members (excludes halogenated alkanes) is 3. The van der Waals surface area contributed by atoms with Crippen LogP contribution in [0.4, 0.5) is 9.18 Å². The predicted molar refractivity (Wildman–Crippen MR) is 72.2 cm³/mol. The molecule has 19 heavy (non-hydrogen) atoms. The highest BCUT2D eigenvalue weighted by molar-refractivity contribution is 5.73. The van der Waals surface area contributed by atoms with E-state index in [0.717, 1.165) is 31.2 Å². The van der Waals surface area contributed by atoms with Crippen LogP contribution in [0.3, 0.4) is 0 Å². The maximum absolute atomic E-state index is 12.7. The number of nitrogens with one attached hydrogen (secondary N) is 2. The highest BCUT2D eigenvalue weighted by Crippen LogP contribution is 2.02. The third-order valence-electron chi connectivity index (χ3n) is 2.74. The van der Waals surface area contributed by atoms with Gasteiger partial charge in [-0.2, -0.15) is 0 Å². The zero-order chi connectivity index (χ0) is 13.9. The first-order chi connectivity index (χ1) is 9.22. The van der Waals surface area contributed by atoms with Gasteiger partial charge in [0, 0.05) is 19.7 Å². The summed E-state index contributed by atoms with van der Waals surface area (Å²) in [6.45, 7) is 1.24. The van der Waals surface area contributed by atoms with Gasteiger partial charge in [-0.1, -0.05) is 25.0 Å². The first-order valence-corrected chi connectivity index (χ1v) is 6.59. The maximum Gasteiger partial charge on any atom is 0.315 e. The molecule has 0 aliphatic heterocycles. The van der Waals surface area contributed by atoms with Gasteiger partial charge in [0.05, 0.1) is 0 Å². The van der Waals surface area contributed by atoms with Crippen molar-refractivity contribution in [1.29, 1.82) is 0 Å². The number of carbonyl (C=O) groups excluding carboxylic acids is 1. The number of benzene rings is 1. The van der Waals surface area contributed by atoms with Crippen molar-refractivity contribution in [2.45, 2.75) is 32.2 Å². The van der Waals surface area contributed by atoms with Gasteiger partial charge in [0.1, 0.15) is 5.82 Å². The predicted octanol–water partition coefficient (Wildman–Crippen LogP) is 2.18. The molecule has 0 heterocycles. The molecule has 0 saturated carbocycles. The molecule has 0 aliphatic rings. The van der Waals surface area contributed by atoms with E-state index in [4.69, 9.17) is 5.11 Å². The van der Waals surface area contributed by atoms with E-state index in [1.165, 1.54) is 12.1 Å². The van der Waals surface area contributed by atoms with E-state index < -0.39 is 0 Å². The van der Waals surface area contributed by atoms with Gasteiger partial charge in [0.15, 0.2) is 0 Å². The molecule has 3 N–H and O–H groups in total. The molecule has 1 aromatic carbocycles. The lowest BCUT2D eigenvalue weighted by Gasteiger charge is -2.07. The summed E-state index contributed by atoms with van der Waals surface area (Å²) < 4.78 is 12.7. The normalized spacial score (nSPS) is 10.2. The second kappa shape index (κ2) is 9.33. The van der Waals surface area contributed by atoms with E-state index >= 15 is 0 Å². The van der Waals surface area contributed by atoms with Crippen molar-refractivity contribution in [2.24, 2.45) is 0 Å². The molecular weight excluding hydrogens is 247 g/mol. The molecule has 1 rings (SSSR count). The van der Waals surface area contributed by atoms with Crippen LogP contribution in [0.1, 0.15) is 31.2 Å². The fourth-order valence-electron chi connectivity index (χ4n) is 1.64. The summed E-state index contributed by atoms with van der Waals surface area (Å²) >= 11 is 0. The molecule has 0 aliphatic carbocycles. The van der Waals surface area contributed by atoms with Gasteiger partial charge in [-0.05, 0) is 30.5 Å². The summed E-state index contributed by atoms with van der Waals surface area (Å²) in [5.41, 5.74) is 0.861. The van der Waals surface area contributed by atoms with Crippen LogP contribution < -0.4 is 10.6 Å². The van der Waals surface area contributed by atoms with Crippen LogP contribution >= 0.6 is 0 Å². The first kappa shape index (κ1) is 15.4. The minimum Gasteiger partial charge on any atom is -0.396 e. The van der Waals surface area contributed by atoms with E-state index in [9.17, 15) is 9.18 Å². The molecule has 0 spiro atoms. The lowest BCUT2D eigenvalue weighted by molar-refractivity contribution is 0.240. The minimum atomic E-state index is -0.281. The van der Waals surface area contributed by atoms with Crippen LogP contribution in [0.2, 0.25) is 0 Å². The first-order valence-electron chi connectivity index (χ1n) is 6.59. The van der Waals surface area contributed by atoms with E-state index in [0.29, 0.717) is 13.1 Å². The third-order valence-corrected chi connectivity index (χ3v) is 2.74. The van der Waals surface area contributed by atoms with Crippen molar-refractivity contribution in [3.63, 3.8) is 0 Å². The Morgan fingerprint density at radius 1 is 1.05 bits per heavy atom. The zero-order valence-electron chi connectivity index (χ0n) is 11.0. The zero-order valence-corrected chi connectivity index (χ0v) is 11.0. The molecule has 0 saturated heterocycles. The molecule has 0 radical (unpaired) electrons. The molecule has 106 valence electrons. The number of carbonyl (C=O) groups is 1. The van der Waals surface area contributed by atoms with E-state index in [1.807, 2.05) is 0 Å². The molecule has 0 bridgehead atoms. The van der Waals surface area contributed by atoms with Gasteiger partial charge in [-0.3, -0.25) is 0 Å². The van der Waals surface area contributed by atoms with Crippen molar-refractivity contribution in [1.82, 2.24) is 10.6 Å². The maximum atomic E-state index is 12.7. The van der Waals surface area contributed by atoms with Crippen LogP contribution in [0.15, 0.2) is 24.3 Å². The van der Waals surface area contributed by atoms with Crippen molar-refractivity contribution >= 4 is 6.03 Å². The van der Waals surface area contributed by atoms with Gasteiger partial charge >= 0.3 is 6.03 Å². The highest BCUT2D eigenvalue weighted by Gasteiger charge is 2.00. The fourth-order valence-corrected chi connectivity index (χ4v) is 1.64. The molecule has 0 aromatic heterocycles. The summed E-state index contributed by atoms with van der Waals surface area (Å²) in [5, 5.41) is 14.1. The Bertz CT molecular complexity index is 368. The number of rotatable bonds is 8. The smallest absolute Gasteiger partial charge is 0.315 e. The van der Waals surface area contributed by atoms with Crippen LogP contribution in [-0.2, 0) is 6.54 Å². The molecule has 0 atom stereocenters. The SMILES string of the molecule is O=C(NCCCCCCO)NCc1ccc(F)cc1. The summed E-state index contributed by atoms with van der Waals surface area (Å²) in [6.07, 6.45) is 3.70. The van der Waals surface area contributed by atoms with E-state index in [2.05, 4.69) is 10.6 Å². The Kier molecular flexibility index (Phi) is 7.58. The van der Waals surface area contributed by atoms with Crippen molar-refractivity contribution in [3.8, 4) is 0 Å². The topological polar surface area (TPSA) is 61.4 Å². The summed E-state index contributed by atoms with van der Waals surface area (Å²) in [5.74, 6) is -0.281. The molecule has 4 nitrogen and oxygen atoms in total. The van der Waals surface area contributed by atoms with E-state index in [-0.39, 0.29) is 18.5 Å². The second-order valence-corrected chi connectivity index (χ2v) is 4.37. The quantitative estimate of drug-likeness (QED) is 0.633. The third kappa shape index (κ3) is 7.41. The summed E-state index contributed by atoms with van der Waals surface area (Å²) in [6, 6.07) is 5.81. The molecule has 0 fully saturated rings. The van der Waals surface area contributed by atoms with Crippen molar-refractivity contribution in [3.05, 3.63) is 35.6 Å². The average Bonchev–Trinajstić information content (AvgIpc) is 2.42. The fraction of sp³-hybridized carbons (Fsp3) is 0.500. The number of halogens is 1. The second-order valence-electron chi connectivity index (χ2n) is 4.37. The van der Waals surface area contributed by atoms with Gasteiger partial charge in [0.25, 0.3) is 0 Å². The van der Waals surface area contributed by atoms with Gasteiger partial charge in [-0.25, -0.2) is 9.18 Å². The lowest BCUT2D eigenvalue weighted by Crippen LogP contribution is -2.35. The monoisotopic (exact) mass is 268 g/mol. The molecule has 5 heteroatoms. The summed E-state index contributed by atoms with van der Waals surface area (Å²) in [4.78, 5) is 11.4. The highest BCUT2D eigenvalue weighted by atomic mass is 19.1. The number of urea groups is 1. The van der Waals surface area contributed by atoms with Crippen molar-refractivity contribution in [2.75, 3.05) is 13.2 Å². The van der Waals surface area contributed by atoms with Crippen LogP contribution in [-0.4, -0.2) is 24.3 Å². The van der Waals surface area contributed by atoms with Gasteiger partial charge < -0.3 is 15.7 Å². The van der Waals surface area contributed by atoms with Gasteiger partial charge in [0.2, 0.25) is 0 Å². The number of hydrogen-bond donors (Lipinski definition) is 3. The van der Waals surface area contributed by atoms with E-state index in [1.54, 1.807) is 12.1 Å². The summed E-state index contributed by atoms with van der Waals surface area (Å²) in [7, 11) is 0. The standard InChI is InChI=1S/C14H21FN2O2/c15-13-7-5-12(6-8-13)11-17-14(19)16-9-3-1-2-4-10-18/h5-8,18H,1-4,9-11H2,(H2,16,17,19). The largest absolute Gasteiger partial charge is 0.396 e. The number of aliphatic hydroxyl groups is 1. The number of amides is 2. The van der Waals surface area contributed by atoms with Crippen LogP contribution in [0, 0.1) is 5.82 Å². The van der Waals surface area contributed by atoms with Crippen LogP contribution in [0.5, 0.6) is 0 Å². The Morgan fingerprint density at radius 3 is 2.42 bits per heavy atom. The minimum absolute atomic E-state index is 0.216. The molecule has 1 aromatic rings. The molecule has 2 amide bonds. The van der Waals surface area contributed by atoms with Crippen molar-refractivity contribution < 1.29 is 14.3 Å². The Morgan fingerprint density at radius 2 is 1.74 bits per heavy atom. The molecular formula is C14H21FN2O2. The lowest BCUT2D eigenvalue weighted by atomic mass is 10.2. The molecule has 0 unspecified atom stereocenters. The Labute approximate surface area is 113 Å². The number of aliphatic hydroxyl groups excluding tert-OH is 1.